The zero-order valence-corrected chi connectivity index (χ0v) is 19.1. The molecular weight excluding hydrogens is 404 g/mol. The van der Waals surface area contributed by atoms with Crippen LogP contribution in [0.25, 0.3) is 0 Å². The smallest absolute Gasteiger partial charge is 0.410 e. The van der Waals surface area contributed by atoms with Crippen LogP contribution in [0.15, 0.2) is 18.2 Å². The van der Waals surface area contributed by atoms with Gasteiger partial charge in [-0.15, -0.1) is 0 Å². The van der Waals surface area contributed by atoms with Gasteiger partial charge in [0.25, 0.3) is 0 Å². The Kier molecular flexibility index (Phi) is 9.36. The molecule has 176 valence electrons. The van der Waals surface area contributed by atoms with Crippen LogP contribution in [0.3, 0.4) is 0 Å². The van der Waals surface area contributed by atoms with Crippen molar-refractivity contribution >= 4 is 6.09 Å². The normalized spacial score (nSPS) is 22.0. The molecule has 9 nitrogen and oxygen atoms in total. The fraction of sp³-hybridized carbons (Fsp3) is 0.682. The highest BCUT2D eigenvalue weighted by Gasteiger charge is 2.33. The van der Waals surface area contributed by atoms with Crippen molar-refractivity contribution in [1.29, 1.82) is 0 Å². The van der Waals surface area contributed by atoms with Gasteiger partial charge in [0.1, 0.15) is 12.2 Å². The van der Waals surface area contributed by atoms with Gasteiger partial charge in [0.2, 0.25) is 0 Å². The Hall–Kier alpha value is -2.07. The number of nitrogens with zero attached hydrogens (tertiary/aromatic N) is 1. The van der Waals surface area contributed by atoms with Crippen LogP contribution in [0, 0.1) is 0 Å². The highest BCUT2D eigenvalue weighted by atomic mass is 16.6. The average Bonchev–Trinajstić information content (AvgIpc) is 2.83. The number of carbonyl (C=O) groups is 1. The van der Waals surface area contributed by atoms with Gasteiger partial charge in [0.05, 0.1) is 39.0 Å². The fourth-order valence-corrected chi connectivity index (χ4v) is 3.33. The molecular formula is C22H36N2O7. The molecule has 1 amide bonds. The lowest BCUT2D eigenvalue weighted by Gasteiger charge is -2.28. The van der Waals surface area contributed by atoms with Crippen LogP contribution in [-0.2, 0) is 16.0 Å². The third-order valence-corrected chi connectivity index (χ3v) is 4.82. The summed E-state index contributed by atoms with van der Waals surface area (Å²) in [5.74, 6) is 1.23. The van der Waals surface area contributed by atoms with Crippen molar-refractivity contribution in [1.82, 2.24) is 10.2 Å². The minimum atomic E-state index is -0.847. The number of aliphatic hydroxyl groups is 2. The lowest BCUT2D eigenvalue weighted by atomic mass is 10.0. The molecule has 1 aromatic rings. The Morgan fingerprint density at radius 2 is 1.90 bits per heavy atom. The highest BCUT2D eigenvalue weighted by Crippen LogP contribution is 2.28. The van der Waals surface area contributed by atoms with E-state index in [0.717, 1.165) is 5.56 Å². The van der Waals surface area contributed by atoms with E-state index in [4.69, 9.17) is 18.9 Å². The minimum Gasteiger partial charge on any atom is -0.493 e. The standard InChI is InChI=1S/C22H36N2O7/c1-22(2,3)31-21(27)24-13-16(25)11-17(18(26)14-24)23-12-15-6-7-19(29-5)20(10-15)30-9-8-28-4/h6-7,10,16-18,23,25-26H,8-9,11-14H2,1-5H3/t16-,17-,18-/m1/s1. The Morgan fingerprint density at radius 3 is 2.55 bits per heavy atom. The van der Waals surface area contributed by atoms with Crippen LogP contribution < -0.4 is 14.8 Å². The molecule has 0 radical (unpaired) electrons. The molecule has 1 heterocycles. The highest BCUT2D eigenvalue weighted by molar-refractivity contribution is 5.68. The Morgan fingerprint density at radius 1 is 1.16 bits per heavy atom. The largest absolute Gasteiger partial charge is 0.493 e. The Balaban J connectivity index is 2.00. The third-order valence-electron chi connectivity index (χ3n) is 4.82. The molecule has 3 N–H and O–H groups in total. The summed E-state index contributed by atoms with van der Waals surface area (Å²) >= 11 is 0. The molecule has 2 rings (SSSR count). The van der Waals surface area contributed by atoms with Gasteiger partial charge in [-0.1, -0.05) is 6.07 Å². The SMILES string of the molecule is COCCOc1cc(CN[C@@H]2C[C@@H](O)CN(C(=O)OC(C)(C)C)C[C@H]2O)ccc1OC. The summed E-state index contributed by atoms with van der Waals surface area (Å²) < 4.78 is 21.4. The van der Waals surface area contributed by atoms with E-state index in [1.54, 1.807) is 35.0 Å². The van der Waals surface area contributed by atoms with Gasteiger partial charge in [-0.25, -0.2) is 4.79 Å². The van der Waals surface area contributed by atoms with Gasteiger partial charge >= 0.3 is 6.09 Å². The molecule has 0 unspecified atom stereocenters. The van der Waals surface area contributed by atoms with Crippen LogP contribution in [0.4, 0.5) is 4.79 Å². The van der Waals surface area contributed by atoms with E-state index in [9.17, 15) is 15.0 Å². The van der Waals surface area contributed by atoms with Gasteiger partial charge in [-0.3, -0.25) is 0 Å². The number of methoxy groups -OCH3 is 2. The van der Waals surface area contributed by atoms with E-state index in [0.29, 0.717) is 37.7 Å². The van der Waals surface area contributed by atoms with Crippen molar-refractivity contribution in [2.75, 3.05) is 40.5 Å². The Bertz CT molecular complexity index is 708. The van der Waals surface area contributed by atoms with Crippen molar-refractivity contribution in [2.24, 2.45) is 0 Å². The summed E-state index contributed by atoms with van der Waals surface area (Å²) in [7, 11) is 3.19. The fourth-order valence-electron chi connectivity index (χ4n) is 3.33. The summed E-state index contributed by atoms with van der Waals surface area (Å²) in [6.45, 7) is 6.85. The minimum absolute atomic E-state index is 0.0810. The summed E-state index contributed by atoms with van der Waals surface area (Å²) in [5, 5.41) is 24.3. The van der Waals surface area contributed by atoms with Gasteiger partial charge < -0.3 is 39.4 Å². The number of amides is 1. The predicted molar refractivity (Wildman–Crippen MR) is 115 cm³/mol. The maximum absolute atomic E-state index is 12.4. The molecule has 0 spiro atoms. The third kappa shape index (κ3) is 8.17. The maximum atomic E-state index is 12.4. The van der Waals surface area contributed by atoms with Gasteiger partial charge in [-0.2, -0.15) is 0 Å². The van der Waals surface area contributed by atoms with Crippen LogP contribution in [0.2, 0.25) is 0 Å². The second kappa shape index (κ2) is 11.5. The number of benzene rings is 1. The first-order valence-electron chi connectivity index (χ1n) is 10.5. The lowest BCUT2D eigenvalue weighted by molar-refractivity contribution is 0.0104. The number of likely N-dealkylation sites (tertiary alicyclic amines) is 1. The Labute approximate surface area is 184 Å². The second-order valence-electron chi connectivity index (χ2n) is 8.66. The van der Waals surface area contributed by atoms with Crippen LogP contribution in [0.1, 0.15) is 32.8 Å². The summed E-state index contributed by atoms with van der Waals surface area (Å²) in [4.78, 5) is 13.7. The lowest BCUT2D eigenvalue weighted by Crippen LogP contribution is -2.46. The van der Waals surface area contributed by atoms with E-state index in [-0.39, 0.29) is 19.1 Å². The molecule has 1 aliphatic heterocycles. The van der Waals surface area contributed by atoms with Crippen LogP contribution >= 0.6 is 0 Å². The molecule has 1 saturated heterocycles. The molecule has 9 heteroatoms. The van der Waals surface area contributed by atoms with Gasteiger partial charge in [0, 0.05) is 19.7 Å². The zero-order chi connectivity index (χ0) is 23.0. The first-order valence-corrected chi connectivity index (χ1v) is 10.5. The molecule has 31 heavy (non-hydrogen) atoms. The molecule has 1 fully saturated rings. The number of hydrogen-bond acceptors (Lipinski definition) is 8. The molecule has 0 aliphatic carbocycles. The number of nitrogens with one attached hydrogen (secondary N) is 1. The molecule has 0 saturated carbocycles. The van der Waals surface area contributed by atoms with E-state index in [1.165, 1.54) is 4.90 Å². The first kappa shape index (κ1) is 25.2. The van der Waals surface area contributed by atoms with Crippen LogP contribution in [-0.4, -0.2) is 85.6 Å². The number of ether oxygens (including phenoxy) is 4. The van der Waals surface area contributed by atoms with Crippen molar-refractivity contribution in [3.63, 3.8) is 0 Å². The van der Waals surface area contributed by atoms with E-state index in [1.807, 2.05) is 18.2 Å². The van der Waals surface area contributed by atoms with Crippen molar-refractivity contribution in [3.8, 4) is 11.5 Å². The van der Waals surface area contributed by atoms with E-state index >= 15 is 0 Å². The summed E-state index contributed by atoms with van der Waals surface area (Å²) in [6, 6.07) is 5.21. The number of rotatable bonds is 8. The van der Waals surface area contributed by atoms with Gasteiger partial charge in [-0.05, 0) is 44.9 Å². The summed E-state index contributed by atoms with van der Waals surface area (Å²) in [5.41, 5.74) is 0.289. The quantitative estimate of drug-likeness (QED) is 0.523. The number of hydrogen-bond donors (Lipinski definition) is 3. The molecule has 3 atom stereocenters. The number of carbonyl (C=O) groups excluding carboxylic acids is 1. The monoisotopic (exact) mass is 440 g/mol. The molecule has 0 aromatic heterocycles. The molecule has 1 aromatic carbocycles. The first-order chi connectivity index (χ1) is 14.6. The van der Waals surface area contributed by atoms with E-state index < -0.39 is 23.9 Å². The zero-order valence-electron chi connectivity index (χ0n) is 19.1. The van der Waals surface area contributed by atoms with Crippen molar-refractivity contribution < 1.29 is 34.0 Å². The molecule has 1 aliphatic rings. The number of aliphatic hydroxyl groups excluding tert-OH is 2. The topological polar surface area (TPSA) is 110 Å². The van der Waals surface area contributed by atoms with Crippen LogP contribution in [0.5, 0.6) is 11.5 Å². The average molecular weight is 441 g/mol. The van der Waals surface area contributed by atoms with Crippen molar-refractivity contribution in [3.05, 3.63) is 23.8 Å². The summed E-state index contributed by atoms with van der Waals surface area (Å²) in [6.07, 6.45) is -1.85. The predicted octanol–water partition coefficient (Wildman–Crippen LogP) is 1.54. The van der Waals surface area contributed by atoms with Gasteiger partial charge in [0.15, 0.2) is 11.5 Å². The maximum Gasteiger partial charge on any atom is 0.410 e. The molecule has 0 bridgehead atoms. The van der Waals surface area contributed by atoms with Crippen molar-refractivity contribution in [2.45, 2.75) is 57.6 Å². The van der Waals surface area contributed by atoms with E-state index in [2.05, 4.69) is 5.32 Å². The second-order valence-corrected chi connectivity index (χ2v) is 8.66. The number of β-amino-alcohol motifs (C(OH)–C–C–N with tert-alkyl or cyclic N) is 2.